The van der Waals surface area contributed by atoms with Gasteiger partial charge in [0.1, 0.15) is 0 Å². The summed E-state index contributed by atoms with van der Waals surface area (Å²) in [6, 6.07) is 12.1. The van der Waals surface area contributed by atoms with E-state index in [1.165, 1.54) is 51.8 Å². The molecule has 144 valence electrons. The fourth-order valence-corrected chi connectivity index (χ4v) is 4.27. The van der Waals surface area contributed by atoms with Crippen molar-refractivity contribution in [1.82, 2.24) is 0 Å². The van der Waals surface area contributed by atoms with Crippen LogP contribution in [0.25, 0.3) is 17.2 Å². The average molecular weight is 361 g/mol. The number of fused-ring (bicyclic) bond motifs is 1. The summed E-state index contributed by atoms with van der Waals surface area (Å²) in [6.45, 7) is 16.2. The second-order valence-electron chi connectivity index (χ2n) is 9.18. The zero-order valence-corrected chi connectivity index (χ0v) is 18.3. The van der Waals surface area contributed by atoms with E-state index >= 15 is 0 Å². The van der Waals surface area contributed by atoms with Crippen LogP contribution in [0, 0.1) is 0 Å². The number of hydrogen-bond donors (Lipinski definition) is 0. The highest BCUT2D eigenvalue weighted by Gasteiger charge is 2.21. The van der Waals surface area contributed by atoms with E-state index in [0.717, 1.165) is 6.42 Å². The maximum absolute atomic E-state index is 2.50. The van der Waals surface area contributed by atoms with Crippen LogP contribution in [0.3, 0.4) is 0 Å². The Kier molecular flexibility index (Phi) is 5.94. The van der Waals surface area contributed by atoms with Crippen LogP contribution in [0.4, 0.5) is 0 Å². The zero-order chi connectivity index (χ0) is 19.7. The van der Waals surface area contributed by atoms with Gasteiger partial charge in [0, 0.05) is 0 Å². The molecule has 1 aliphatic carbocycles. The number of allylic oxidation sites excluding steroid dienone is 1. The number of rotatable bonds is 6. The standard InChI is InChI=1S/C27H36/c1-8-9-20-12-21-10-11-25(19(6)7)27(26(21)13-20)24-15-22(17(2)3)14-23(16-24)18(4)5/h10-11,13-19H,8-9,12H2,1-7H3. The largest absolute Gasteiger partial charge is 0.0652 e. The van der Waals surface area contributed by atoms with E-state index in [2.05, 4.69) is 84.9 Å². The smallest absolute Gasteiger partial charge is 0.00576 e. The molecule has 0 bridgehead atoms. The topological polar surface area (TPSA) is 0 Å². The summed E-state index contributed by atoms with van der Waals surface area (Å²) in [6.07, 6.45) is 6.08. The van der Waals surface area contributed by atoms with Crippen molar-refractivity contribution >= 4 is 6.08 Å². The Labute approximate surface area is 166 Å². The minimum Gasteiger partial charge on any atom is -0.0652 e. The summed E-state index contributed by atoms with van der Waals surface area (Å²) in [5.41, 5.74) is 11.9. The van der Waals surface area contributed by atoms with Crippen molar-refractivity contribution in [2.45, 2.75) is 85.5 Å². The zero-order valence-electron chi connectivity index (χ0n) is 18.3. The van der Waals surface area contributed by atoms with Gasteiger partial charge in [-0.2, -0.15) is 0 Å². The minimum atomic E-state index is 0.527. The van der Waals surface area contributed by atoms with Crippen LogP contribution in [-0.2, 0) is 6.42 Å². The normalized spacial score (nSPS) is 13.6. The molecule has 0 heteroatoms. The van der Waals surface area contributed by atoms with Gasteiger partial charge in [-0.25, -0.2) is 0 Å². The lowest BCUT2D eigenvalue weighted by Gasteiger charge is -2.20. The highest BCUT2D eigenvalue weighted by molar-refractivity contribution is 5.84. The van der Waals surface area contributed by atoms with Gasteiger partial charge in [0.2, 0.25) is 0 Å². The molecular weight excluding hydrogens is 324 g/mol. The molecule has 0 amide bonds. The van der Waals surface area contributed by atoms with Crippen LogP contribution >= 0.6 is 0 Å². The SMILES string of the molecule is CCCC1=Cc2c(ccc(C(C)C)c2-c2cc(C(C)C)cc(C(C)C)c2)C1. The molecular formula is C27H36. The van der Waals surface area contributed by atoms with Gasteiger partial charge < -0.3 is 0 Å². The fraction of sp³-hybridized carbons (Fsp3) is 0.481. The molecule has 0 saturated heterocycles. The van der Waals surface area contributed by atoms with Crippen LogP contribution in [0.15, 0.2) is 35.9 Å². The molecule has 2 aromatic rings. The summed E-state index contributed by atoms with van der Waals surface area (Å²) in [4.78, 5) is 0. The van der Waals surface area contributed by atoms with Gasteiger partial charge in [0.25, 0.3) is 0 Å². The van der Waals surface area contributed by atoms with E-state index in [4.69, 9.17) is 0 Å². The Morgan fingerprint density at radius 2 is 1.44 bits per heavy atom. The van der Waals surface area contributed by atoms with Crippen LogP contribution in [0.2, 0.25) is 0 Å². The highest BCUT2D eigenvalue weighted by atomic mass is 14.3. The molecule has 0 fully saturated rings. The third-order valence-electron chi connectivity index (χ3n) is 5.93. The molecule has 0 aliphatic heterocycles. The van der Waals surface area contributed by atoms with Crippen molar-refractivity contribution in [2.75, 3.05) is 0 Å². The minimum absolute atomic E-state index is 0.527. The van der Waals surface area contributed by atoms with Gasteiger partial charge in [-0.3, -0.25) is 0 Å². The predicted molar refractivity (Wildman–Crippen MR) is 121 cm³/mol. The highest BCUT2D eigenvalue weighted by Crippen LogP contribution is 2.41. The van der Waals surface area contributed by atoms with E-state index in [1.807, 2.05) is 0 Å². The summed E-state index contributed by atoms with van der Waals surface area (Å²) in [5.74, 6) is 1.62. The number of benzene rings is 2. The van der Waals surface area contributed by atoms with Crippen molar-refractivity contribution in [3.05, 3.63) is 63.7 Å². The van der Waals surface area contributed by atoms with Crippen molar-refractivity contribution in [1.29, 1.82) is 0 Å². The van der Waals surface area contributed by atoms with E-state index in [-0.39, 0.29) is 0 Å². The molecule has 0 spiro atoms. The first-order valence-electron chi connectivity index (χ1n) is 10.8. The third-order valence-corrected chi connectivity index (χ3v) is 5.93. The maximum Gasteiger partial charge on any atom is -0.00576 e. The third kappa shape index (κ3) is 4.05. The molecule has 0 unspecified atom stereocenters. The van der Waals surface area contributed by atoms with Crippen LogP contribution in [-0.4, -0.2) is 0 Å². The second-order valence-corrected chi connectivity index (χ2v) is 9.18. The summed E-state index contributed by atoms with van der Waals surface area (Å²) < 4.78 is 0. The van der Waals surface area contributed by atoms with Gasteiger partial charge in [0.05, 0.1) is 0 Å². The number of hydrogen-bond acceptors (Lipinski definition) is 0. The van der Waals surface area contributed by atoms with Gasteiger partial charge in [-0.05, 0) is 69.5 Å². The second kappa shape index (κ2) is 8.05. The lowest BCUT2D eigenvalue weighted by molar-refractivity contribution is 0.833. The molecule has 0 radical (unpaired) electrons. The first-order valence-corrected chi connectivity index (χ1v) is 10.8. The maximum atomic E-state index is 2.50. The summed E-state index contributed by atoms with van der Waals surface area (Å²) in [7, 11) is 0. The van der Waals surface area contributed by atoms with Crippen molar-refractivity contribution < 1.29 is 0 Å². The van der Waals surface area contributed by atoms with Crippen LogP contribution in [0.5, 0.6) is 0 Å². The molecule has 0 atom stereocenters. The Morgan fingerprint density at radius 1 is 0.815 bits per heavy atom. The van der Waals surface area contributed by atoms with E-state index in [0.29, 0.717) is 17.8 Å². The quantitative estimate of drug-likeness (QED) is 0.484. The van der Waals surface area contributed by atoms with Gasteiger partial charge in [-0.15, -0.1) is 0 Å². The van der Waals surface area contributed by atoms with E-state index < -0.39 is 0 Å². The summed E-state index contributed by atoms with van der Waals surface area (Å²) >= 11 is 0. The Hall–Kier alpha value is -1.82. The van der Waals surface area contributed by atoms with E-state index in [9.17, 15) is 0 Å². The molecule has 0 aromatic heterocycles. The van der Waals surface area contributed by atoms with E-state index in [1.54, 1.807) is 5.57 Å². The molecule has 0 saturated carbocycles. The molecule has 2 aromatic carbocycles. The van der Waals surface area contributed by atoms with Crippen molar-refractivity contribution in [3.8, 4) is 11.1 Å². The molecule has 0 nitrogen and oxygen atoms in total. The molecule has 1 aliphatic rings. The monoisotopic (exact) mass is 360 g/mol. The first-order chi connectivity index (χ1) is 12.8. The Bertz CT molecular complexity index is 820. The van der Waals surface area contributed by atoms with Crippen molar-refractivity contribution in [2.24, 2.45) is 0 Å². The van der Waals surface area contributed by atoms with Gasteiger partial charge in [-0.1, -0.05) is 96.9 Å². The lowest BCUT2D eigenvalue weighted by Crippen LogP contribution is -2.00. The summed E-state index contributed by atoms with van der Waals surface area (Å²) in [5, 5.41) is 0. The average Bonchev–Trinajstić information content (AvgIpc) is 3.03. The predicted octanol–water partition coefficient (Wildman–Crippen LogP) is 8.46. The lowest BCUT2D eigenvalue weighted by atomic mass is 9.84. The van der Waals surface area contributed by atoms with Gasteiger partial charge >= 0.3 is 0 Å². The molecule has 0 heterocycles. The van der Waals surface area contributed by atoms with Crippen LogP contribution in [0.1, 0.15) is 107 Å². The first kappa shape index (κ1) is 19.9. The van der Waals surface area contributed by atoms with Crippen LogP contribution < -0.4 is 0 Å². The van der Waals surface area contributed by atoms with Gasteiger partial charge in [0.15, 0.2) is 0 Å². The molecule has 3 rings (SSSR count). The fourth-order valence-electron chi connectivity index (χ4n) is 4.27. The Morgan fingerprint density at radius 3 is 1.96 bits per heavy atom. The molecule has 27 heavy (non-hydrogen) atoms. The molecule has 0 N–H and O–H groups in total. The Balaban J connectivity index is 2.26. The van der Waals surface area contributed by atoms with Crippen molar-refractivity contribution in [3.63, 3.8) is 0 Å².